The molecular formula is C22H14BrClN4O3S. The number of carbonyl (C=O) groups excluding carboxylic acids is 1. The molecule has 3 aromatic heterocycles. The minimum Gasteiger partial charge on any atom is -0.347 e. The third-order valence-electron chi connectivity index (χ3n) is 5.35. The zero-order valence-corrected chi connectivity index (χ0v) is 19.7. The van der Waals surface area contributed by atoms with Gasteiger partial charge in [-0.05, 0) is 46.3 Å². The Morgan fingerprint density at radius 1 is 1.16 bits per heavy atom. The van der Waals surface area contributed by atoms with E-state index in [9.17, 15) is 14.4 Å². The van der Waals surface area contributed by atoms with E-state index in [4.69, 9.17) is 11.6 Å². The Bertz CT molecular complexity index is 1690. The van der Waals surface area contributed by atoms with Crippen LogP contribution >= 0.6 is 38.9 Å². The number of nitrogens with zero attached hydrogens (tertiary/aromatic N) is 3. The number of benzene rings is 2. The molecule has 10 heteroatoms. The summed E-state index contributed by atoms with van der Waals surface area (Å²) in [5, 5.41) is 3.62. The molecule has 0 unspecified atom stereocenters. The number of hydrogen-bond donors (Lipinski definition) is 1. The molecule has 0 atom stereocenters. The van der Waals surface area contributed by atoms with E-state index in [-0.39, 0.29) is 34.5 Å². The molecule has 0 spiro atoms. The van der Waals surface area contributed by atoms with E-state index in [2.05, 4.69) is 26.2 Å². The van der Waals surface area contributed by atoms with Gasteiger partial charge in [0.15, 0.2) is 9.35 Å². The summed E-state index contributed by atoms with van der Waals surface area (Å²) in [7, 11) is 1.66. The van der Waals surface area contributed by atoms with E-state index in [1.54, 1.807) is 29.6 Å². The number of hydrogen-bond acceptors (Lipinski definition) is 5. The van der Waals surface area contributed by atoms with Crippen LogP contribution < -0.4 is 16.3 Å². The van der Waals surface area contributed by atoms with Gasteiger partial charge in [-0.1, -0.05) is 23.7 Å². The average Bonchev–Trinajstić information content (AvgIpc) is 3.23. The van der Waals surface area contributed by atoms with Crippen molar-refractivity contribution in [3.05, 3.63) is 88.6 Å². The highest BCUT2D eigenvalue weighted by Gasteiger charge is 2.20. The van der Waals surface area contributed by atoms with E-state index < -0.39 is 0 Å². The number of nitrogens with one attached hydrogen (secondary N) is 1. The molecular weight excluding hydrogens is 516 g/mol. The molecule has 32 heavy (non-hydrogen) atoms. The monoisotopic (exact) mass is 528 g/mol. The molecule has 0 aliphatic carbocycles. The second kappa shape index (κ2) is 7.84. The molecule has 0 fully saturated rings. The highest BCUT2D eigenvalue weighted by molar-refractivity contribution is 9.11. The van der Waals surface area contributed by atoms with Gasteiger partial charge < -0.3 is 14.3 Å². The predicted octanol–water partition coefficient (Wildman–Crippen LogP) is 4.11. The van der Waals surface area contributed by atoms with Crippen LogP contribution in [0.5, 0.6) is 0 Å². The van der Waals surface area contributed by atoms with Crippen molar-refractivity contribution in [2.45, 2.75) is 6.54 Å². The molecule has 0 saturated heterocycles. The summed E-state index contributed by atoms with van der Waals surface area (Å²) in [5.41, 5.74) is 1.74. The van der Waals surface area contributed by atoms with Crippen molar-refractivity contribution in [2.24, 2.45) is 7.05 Å². The Labute approximate surface area is 198 Å². The van der Waals surface area contributed by atoms with E-state index in [1.807, 2.05) is 24.3 Å². The van der Waals surface area contributed by atoms with Gasteiger partial charge in [-0.3, -0.25) is 14.4 Å². The number of halogens is 2. The zero-order chi connectivity index (χ0) is 22.6. The predicted molar refractivity (Wildman–Crippen MR) is 130 cm³/mol. The smallest absolute Gasteiger partial charge is 0.275 e. The number of aryl methyl sites for hydroxylation is 1. The number of amides is 1. The van der Waals surface area contributed by atoms with Crippen LogP contribution in [0.15, 0.2) is 62.2 Å². The third kappa shape index (κ3) is 3.24. The van der Waals surface area contributed by atoms with Gasteiger partial charge in [0.05, 0.1) is 22.7 Å². The Balaban J connectivity index is 1.83. The molecule has 5 rings (SSSR count). The maximum atomic E-state index is 13.4. The minimum atomic E-state index is -0.375. The van der Waals surface area contributed by atoms with Crippen LogP contribution in [0, 0.1) is 0 Å². The Morgan fingerprint density at radius 2 is 1.91 bits per heavy atom. The lowest BCUT2D eigenvalue weighted by molar-refractivity contribution is 0.0955. The van der Waals surface area contributed by atoms with Gasteiger partial charge in [-0.25, -0.2) is 4.98 Å². The molecule has 1 amide bonds. The van der Waals surface area contributed by atoms with Crippen molar-refractivity contribution in [2.75, 3.05) is 0 Å². The molecule has 3 heterocycles. The van der Waals surface area contributed by atoms with Crippen LogP contribution in [-0.4, -0.2) is 19.9 Å². The molecule has 0 saturated carbocycles. The van der Waals surface area contributed by atoms with Gasteiger partial charge in [0.25, 0.3) is 11.5 Å². The number of rotatable bonds is 3. The maximum Gasteiger partial charge on any atom is 0.275 e. The fraction of sp³-hybridized carbons (Fsp3) is 0.0909. The normalized spacial score (nSPS) is 11.5. The second-order valence-electron chi connectivity index (χ2n) is 7.17. The van der Waals surface area contributed by atoms with Gasteiger partial charge in [0.2, 0.25) is 0 Å². The topological polar surface area (TPSA) is 85.5 Å². The summed E-state index contributed by atoms with van der Waals surface area (Å²) in [6.07, 6.45) is 1.45. The highest BCUT2D eigenvalue weighted by atomic mass is 79.9. The van der Waals surface area contributed by atoms with Crippen LogP contribution in [0.25, 0.3) is 27.5 Å². The number of carbonyl (C=O) groups is 1. The first kappa shape index (κ1) is 20.9. The van der Waals surface area contributed by atoms with Crippen LogP contribution in [0.1, 0.15) is 15.2 Å². The Hall–Kier alpha value is -3.01. The lowest BCUT2D eigenvalue weighted by Gasteiger charge is -2.16. The molecule has 5 aromatic rings. The summed E-state index contributed by atoms with van der Waals surface area (Å²) in [6.45, 7) is -0.108. The number of aromatic nitrogens is 3. The SMILES string of the molecule is Cn1c(=O)c2c(CNC(=O)c3cnc(Br)s3)c(=O)c3ccc(Cl)cc3n2c2ccccc21. The molecule has 0 aliphatic rings. The lowest BCUT2D eigenvalue weighted by Crippen LogP contribution is -2.30. The van der Waals surface area contributed by atoms with E-state index in [1.165, 1.54) is 22.1 Å². The van der Waals surface area contributed by atoms with Gasteiger partial charge >= 0.3 is 0 Å². The van der Waals surface area contributed by atoms with Crippen LogP contribution in [0.2, 0.25) is 5.02 Å². The molecule has 2 aromatic carbocycles. The average molecular weight is 530 g/mol. The summed E-state index contributed by atoms with van der Waals surface area (Å²) in [6, 6.07) is 12.4. The molecule has 0 radical (unpaired) electrons. The number of pyridine rings is 1. The fourth-order valence-corrected chi connectivity index (χ4v) is 5.21. The third-order valence-corrected chi connectivity index (χ3v) is 7.06. The summed E-state index contributed by atoms with van der Waals surface area (Å²) in [5.74, 6) is -0.375. The van der Waals surface area contributed by atoms with Gasteiger partial charge in [-0.2, -0.15) is 0 Å². The first-order valence-electron chi connectivity index (χ1n) is 9.51. The van der Waals surface area contributed by atoms with E-state index in [0.29, 0.717) is 30.2 Å². The largest absolute Gasteiger partial charge is 0.347 e. The van der Waals surface area contributed by atoms with E-state index in [0.717, 1.165) is 5.52 Å². The maximum absolute atomic E-state index is 13.4. The highest BCUT2D eigenvalue weighted by Crippen LogP contribution is 2.24. The quantitative estimate of drug-likeness (QED) is 0.357. The molecule has 0 aliphatic heterocycles. The molecule has 1 N–H and O–H groups in total. The second-order valence-corrected chi connectivity index (χ2v) is 9.91. The van der Waals surface area contributed by atoms with E-state index >= 15 is 0 Å². The Morgan fingerprint density at radius 3 is 2.62 bits per heavy atom. The van der Waals surface area contributed by atoms with Gasteiger partial charge in [-0.15, -0.1) is 11.3 Å². The number of para-hydroxylation sites is 2. The first-order chi connectivity index (χ1) is 15.4. The van der Waals surface area contributed by atoms with Crippen LogP contribution in [0.4, 0.5) is 0 Å². The van der Waals surface area contributed by atoms with Gasteiger partial charge in [0.1, 0.15) is 10.4 Å². The molecule has 7 nitrogen and oxygen atoms in total. The Kier molecular flexibility index (Phi) is 5.11. The van der Waals surface area contributed by atoms with Crippen molar-refractivity contribution >= 4 is 72.2 Å². The number of fused-ring (bicyclic) bond motifs is 5. The fourth-order valence-electron chi connectivity index (χ4n) is 3.86. The van der Waals surface area contributed by atoms with Crippen molar-refractivity contribution < 1.29 is 4.79 Å². The van der Waals surface area contributed by atoms with Crippen LogP contribution in [0.3, 0.4) is 0 Å². The summed E-state index contributed by atoms with van der Waals surface area (Å²) < 4.78 is 3.84. The van der Waals surface area contributed by atoms with Crippen LogP contribution in [-0.2, 0) is 13.6 Å². The molecule has 160 valence electrons. The van der Waals surface area contributed by atoms with Gasteiger partial charge in [0, 0.05) is 29.6 Å². The lowest BCUT2D eigenvalue weighted by atomic mass is 10.1. The van der Waals surface area contributed by atoms with Crippen molar-refractivity contribution in [3.8, 4) is 0 Å². The van der Waals surface area contributed by atoms with Crippen molar-refractivity contribution in [1.29, 1.82) is 0 Å². The minimum absolute atomic E-state index is 0.108. The van der Waals surface area contributed by atoms with Crippen molar-refractivity contribution in [1.82, 2.24) is 19.3 Å². The zero-order valence-electron chi connectivity index (χ0n) is 16.6. The summed E-state index contributed by atoms with van der Waals surface area (Å²) >= 11 is 10.7. The summed E-state index contributed by atoms with van der Waals surface area (Å²) in [4.78, 5) is 43.8. The number of thiazole rings is 1. The molecule has 0 bridgehead atoms. The first-order valence-corrected chi connectivity index (χ1v) is 11.5. The van der Waals surface area contributed by atoms with Crippen molar-refractivity contribution in [3.63, 3.8) is 0 Å². The standard InChI is InChI=1S/C22H14BrClN4O3S/c1-27-14-4-2-3-5-15(14)28-16-8-11(24)6-7-12(16)19(29)13(18(28)21(27)31)9-25-20(30)17-10-26-22(23)32-17/h2-8,10H,9H2,1H3,(H,25,30).